The van der Waals surface area contributed by atoms with Crippen LogP contribution in [0.1, 0.15) is 9.67 Å². The lowest BCUT2D eigenvalue weighted by molar-refractivity contribution is 0.0606. The normalized spacial score (nSPS) is 15.6. The zero-order valence-corrected chi connectivity index (χ0v) is 10.8. The molecular formula is C11H14N2O4S. The third-order valence-corrected chi connectivity index (χ3v) is 3.97. The largest absolute Gasteiger partial charge is 0.465 e. The van der Waals surface area contributed by atoms with E-state index in [-0.39, 0.29) is 5.97 Å². The van der Waals surface area contributed by atoms with E-state index >= 15 is 0 Å². The Labute approximate surface area is 108 Å². The molecule has 1 aromatic rings. The van der Waals surface area contributed by atoms with Gasteiger partial charge in [-0.3, -0.25) is 0 Å². The van der Waals surface area contributed by atoms with Crippen LogP contribution in [0, 0.1) is 0 Å². The number of methoxy groups -OCH3 is 1. The number of carbonyl (C=O) groups is 2. The van der Waals surface area contributed by atoms with Crippen molar-refractivity contribution in [2.75, 3.05) is 38.2 Å². The van der Waals surface area contributed by atoms with Crippen LogP contribution in [0.3, 0.4) is 0 Å². The molecule has 6 nitrogen and oxygen atoms in total. The van der Waals surface area contributed by atoms with Crippen LogP contribution in [0.15, 0.2) is 12.1 Å². The first-order valence-electron chi connectivity index (χ1n) is 5.53. The summed E-state index contributed by atoms with van der Waals surface area (Å²) in [7, 11) is 1.35. The van der Waals surface area contributed by atoms with Gasteiger partial charge in [-0.2, -0.15) is 0 Å². The van der Waals surface area contributed by atoms with Crippen molar-refractivity contribution in [1.29, 1.82) is 0 Å². The number of carbonyl (C=O) groups excluding carboxylic acids is 1. The SMILES string of the molecule is COC(=O)c1ccc(N2CCN(C(=O)O)CC2)s1. The summed E-state index contributed by atoms with van der Waals surface area (Å²) in [5, 5.41) is 9.83. The lowest BCUT2D eigenvalue weighted by atomic mass is 10.3. The first-order chi connectivity index (χ1) is 8.61. The summed E-state index contributed by atoms with van der Waals surface area (Å²) in [5.41, 5.74) is 0. The fraction of sp³-hybridized carbons (Fsp3) is 0.455. The topological polar surface area (TPSA) is 70.1 Å². The zero-order chi connectivity index (χ0) is 13.1. The highest BCUT2D eigenvalue weighted by Crippen LogP contribution is 2.27. The molecule has 1 aromatic heterocycles. The second kappa shape index (κ2) is 5.26. The fourth-order valence-corrected chi connectivity index (χ4v) is 2.80. The van der Waals surface area contributed by atoms with Crippen LogP contribution in [-0.2, 0) is 4.74 Å². The van der Waals surface area contributed by atoms with Crippen molar-refractivity contribution < 1.29 is 19.4 Å². The second-order valence-electron chi connectivity index (χ2n) is 3.89. The van der Waals surface area contributed by atoms with E-state index in [1.54, 1.807) is 6.07 Å². The van der Waals surface area contributed by atoms with Crippen LogP contribution in [0.5, 0.6) is 0 Å². The van der Waals surface area contributed by atoms with E-state index in [1.807, 2.05) is 6.07 Å². The van der Waals surface area contributed by atoms with Crippen molar-refractivity contribution in [2.24, 2.45) is 0 Å². The van der Waals surface area contributed by atoms with E-state index < -0.39 is 6.09 Å². The van der Waals surface area contributed by atoms with Crippen molar-refractivity contribution in [2.45, 2.75) is 0 Å². The zero-order valence-electron chi connectivity index (χ0n) is 9.96. The molecule has 1 N–H and O–H groups in total. The number of thiophene rings is 1. The summed E-state index contributed by atoms with van der Waals surface area (Å²) in [6, 6.07) is 3.60. The van der Waals surface area contributed by atoms with E-state index in [0.29, 0.717) is 31.1 Å². The van der Waals surface area contributed by atoms with Gasteiger partial charge in [0.2, 0.25) is 0 Å². The van der Waals surface area contributed by atoms with Crippen LogP contribution in [0.2, 0.25) is 0 Å². The number of anilines is 1. The molecule has 0 saturated carbocycles. The van der Waals surface area contributed by atoms with Gasteiger partial charge >= 0.3 is 12.1 Å². The van der Waals surface area contributed by atoms with Crippen LogP contribution < -0.4 is 4.90 Å². The number of nitrogens with zero attached hydrogens (tertiary/aromatic N) is 2. The smallest absolute Gasteiger partial charge is 0.407 e. The van der Waals surface area contributed by atoms with Crippen LogP contribution in [0.4, 0.5) is 9.80 Å². The van der Waals surface area contributed by atoms with Crippen LogP contribution >= 0.6 is 11.3 Å². The predicted molar refractivity (Wildman–Crippen MR) is 67.5 cm³/mol. The van der Waals surface area contributed by atoms with Gasteiger partial charge in [-0.05, 0) is 12.1 Å². The van der Waals surface area contributed by atoms with E-state index in [1.165, 1.54) is 23.3 Å². The van der Waals surface area contributed by atoms with Crippen molar-refractivity contribution in [1.82, 2.24) is 4.90 Å². The Hall–Kier alpha value is -1.76. The van der Waals surface area contributed by atoms with Gasteiger partial charge in [-0.25, -0.2) is 9.59 Å². The van der Waals surface area contributed by atoms with Gasteiger partial charge in [0, 0.05) is 26.2 Å². The molecule has 1 fully saturated rings. The fourth-order valence-electron chi connectivity index (χ4n) is 1.83. The summed E-state index contributed by atoms with van der Waals surface area (Å²) in [6.07, 6.45) is -0.879. The number of piperazine rings is 1. The maximum atomic E-state index is 11.3. The molecule has 18 heavy (non-hydrogen) atoms. The van der Waals surface area contributed by atoms with Gasteiger partial charge in [0.05, 0.1) is 12.1 Å². The first-order valence-corrected chi connectivity index (χ1v) is 6.34. The summed E-state index contributed by atoms with van der Waals surface area (Å²) < 4.78 is 4.65. The maximum Gasteiger partial charge on any atom is 0.407 e. The molecule has 1 aliphatic rings. The molecule has 2 heterocycles. The number of hydrogen-bond donors (Lipinski definition) is 1. The van der Waals surface area contributed by atoms with Crippen molar-refractivity contribution >= 4 is 28.4 Å². The van der Waals surface area contributed by atoms with E-state index in [9.17, 15) is 9.59 Å². The molecule has 0 spiro atoms. The highest BCUT2D eigenvalue weighted by Gasteiger charge is 2.22. The molecule has 0 aliphatic carbocycles. The molecule has 7 heteroatoms. The van der Waals surface area contributed by atoms with Crippen molar-refractivity contribution in [3.05, 3.63) is 17.0 Å². The first kappa shape index (κ1) is 12.7. The van der Waals surface area contributed by atoms with Gasteiger partial charge in [-0.1, -0.05) is 0 Å². The number of carboxylic acid groups (broad SMARTS) is 1. The van der Waals surface area contributed by atoms with Gasteiger partial charge in [-0.15, -0.1) is 11.3 Å². The minimum Gasteiger partial charge on any atom is -0.465 e. The molecule has 2 rings (SSSR count). The number of hydrogen-bond acceptors (Lipinski definition) is 5. The second-order valence-corrected chi connectivity index (χ2v) is 4.95. The van der Waals surface area contributed by atoms with Gasteiger partial charge < -0.3 is 19.6 Å². The quantitative estimate of drug-likeness (QED) is 0.821. The summed E-state index contributed by atoms with van der Waals surface area (Å²) in [4.78, 5) is 26.2. The number of amides is 1. The Kier molecular flexibility index (Phi) is 3.71. The lowest BCUT2D eigenvalue weighted by Crippen LogP contribution is -2.48. The predicted octanol–water partition coefficient (Wildman–Crippen LogP) is 1.33. The number of ether oxygens (including phenoxy) is 1. The Balaban J connectivity index is 1.99. The molecule has 98 valence electrons. The minimum atomic E-state index is -0.879. The van der Waals surface area contributed by atoms with E-state index in [4.69, 9.17) is 5.11 Å². The Morgan fingerprint density at radius 1 is 1.28 bits per heavy atom. The summed E-state index contributed by atoms with van der Waals surface area (Å²) >= 11 is 1.37. The monoisotopic (exact) mass is 270 g/mol. The van der Waals surface area contributed by atoms with Gasteiger partial charge in [0.1, 0.15) is 4.88 Å². The average Bonchev–Trinajstić information content (AvgIpc) is 2.87. The third kappa shape index (κ3) is 2.56. The summed E-state index contributed by atoms with van der Waals surface area (Å²) in [5.74, 6) is -0.338. The maximum absolute atomic E-state index is 11.3. The molecule has 0 atom stereocenters. The molecule has 0 bridgehead atoms. The average molecular weight is 270 g/mol. The Morgan fingerprint density at radius 3 is 2.50 bits per heavy atom. The minimum absolute atomic E-state index is 0.338. The molecular weight excluding hydrogens is 256 g/mol. The third-order valence-electron chi connectivity index (χ3n) is 2.84. The van der Waals surface area contributed by atoms with Gasteiger partial charge in [0.15, 0.2) is 0 Å². The molecule has 1 amide bonds. The highest BCUT2D eigenvalue weighted by atomic mass is 32.1. The molecule has 0 unspecified atom stereocenters. The molecule has 0 radical (unpaired) electrons. The Morgan fingerprint density at radius 2 is 1.94 bits per heavy atom. The number of rotatable bonds is 2. The van der Waals surface area contributed by atoms with E-state index in [2.05, 4.69) is 9.64 Å². The van der Waals surface area contributed by atoms with Crippen molar-refractivity contribution in [3.8, 4) is 0 Å². The standard InChI is InChI=1S/C11H14N2O4S/c1-17-10(14)8-2-3-9(18-8)12-4-6-13(7-5-12)11(15)16/h2-3H,4-7H2,1H3,(H,15,16). The molecule has 1 aliphatic heterocycles. The summed E-state index contributed by atoms with van der Waals surface area (Å²) in [6.45, 7) is 2.27. The Bertz CT molecular complexity index is 452. The highest BCUT2D eigenvalue weighted by molar-refractivity contribution is 7.17. The van der Waals surface area contributed by atoms with Crippen molar-refractivity contribution in [3.63, 3.8) is 0 Å². The van der Waals surface area contributed by atoms with E-state index in [0.717, 1.165) is 5.00 Å². The van der Waals surface area contributed by atoms with Crippen LogP contribution in [-0.4, -0.2) is 55.4 Å². The van der Waals surface area contributed by atoms with Gasteiger partial charge in [0.25, 0.3) is 0 Å². The molecule has 1 saturated heterocycles. The van der Waals surface area contributed by atoms with Crippen LogP contribution in [0.25, 0.3) is 0 Å². The lowest BCUT2D eigenvalue weighted by Gasteiger charge is -2.33. The molecule has 0 aromatic carbocycles. The number of esters is 1.